The molecule has 0 aromatic heterocycles. The van der Waals surface area contributed by atoms with Crippen LogP contribution in [0.1, 0.15) is 44.2 Å². The third kappa shape index (κ3) is 8.25. The number of sulfonamides is 1. The van der Waals surface area contributed by atoms with Gasteiger partial charge in [0.05, 0.1) is 21.2 Å². The molecule has 3 rings (SSSR count). The van der Waals surface area contributed by atoms with Gasteiger partial charge in [-0.25, -0.2) is 8.42 Å². The molecule has 7 nitrogen and oxygen atoms in total. The van der Waals surface area contributed by atoms with Gasteiger partial charge in [-0.15, -0.1) is 0 Å². The van der Waals surface area contributed by atoms with Gasteiger partial charge < -0.3 is 10.2 Å². The van der Waals surface area contributed by atoms with Gasteiger partial charge in [0, 0.05) is 13.1 Å². The Labute approximate surface area is 249 Å². The van der Waals surface area contributed by atoms with Gasteiger partial charge in [-0.2, -0.15) is 13.2 Å². The van der Waals surface area contributed by atoms with Crippen molar-refractivity contribution in [2.75, 3.05) is 17.4 Å². The van der Waals surface area contributed by atoms with E-state index < -0.39 is 51.9 Å². The zero-order chi connectivity index (χ0) is 30.9. The molecule has 0 fully saturated rings. The summed E-state index contributed by atoms with van der Waals surface area (Å²) in [6.45, 7) is 3.15. The predicted octanol–water partition coefficient (Wildman–Crippen LogP) is 6.28. The third-order valence-electron chi connectivity index (χ3n) is 6.56. The smallest absolute Gasteiger partial charge is 0.354 e. The highest BCUT2D eigenvalue weighted by atomic mass is 35.5. The van der Waals surface area contributed by atoms with Gasteiger partial charge in [-0.3, -0.25) is 13.9 Å². The molecular weight excluding hydrogens is 591 g/mol. The van der Waals surface area contributed by atoms with E-state index in [1.165, 1.54) is 29.2 Å². The van der Waals surface area contributed by atoms with Crippen molar-refractivity contribution in [2.24, 2.45) is 0 Å². The van der Waals surface area contributed by atoms with Crippen LogP contribution in [0.5, 0.6) is 0 Å². The molecule has 0 saturated heterocycles. The number of alkyl halides is 3. The number of nitrogens with one attached hydrogen (secondary N) is 1. The fourth-order valence-corrected chi connectivity index (χ4v) is 6.03. The molecule has 0 heterocycles. The molecule has 0 aliphatic heterocycles. The van der Waals surface area contributed by atoms with Gasteiger partial charge in [0.15, 0.2) is 0 Å². The molecule has 226 valence electrons. The molecule has 0 aliphatic carbocycles. The van der Waals surface area contributed by atoms with Crippen molar-refractivity contribution >= 4 is 39.1 Å². The highest BCUT2D eigenvalue weighted by molar-refractivity contribution is 7.92. The lowest BCUT2D eigenvalue weighted by atomic mass is 10.1. The van der Waals surface area contributed by atoms with Crippen molar-refractivity contribution in [1.29, 1.82) is 0 Å². The van der Waals surface area contributed by atoms with Gasteiger partial charge in [0.25, 0.3) is 10.0 Å². The van der Waals surface area contributed by atoms with Gasteiger partial charge in [0.1, 0.15) is 12.6 Å². The predicted molar refractivity (Wildman–Crippen MR) is 156 cm³/mol. The summed E-state index contributed by atoms with van der Waals surface area (Å²) < 4.78 is 69.2. The second-order valence-electron chi connectivity index (χ2n) is 9.56. The Morgan fingerprint density at radius 1 is 0.952 bits per heavy atom. The van der Waals surface area contributed by atoms with Gasteiger partial charge >= 0.3 is 6.18 Å². The number of rotatable bonds is 13. The first-order valence-corrected chi connectivity index (χ1v) is 15.3. The summed E-state index contributed by atoms with van der Waals surface area (Å²) in [5, 5.41) is 2.52. The van der Waals surface area contributed by atoms with Crippen LogP contribution in [0.25, 0.3) is 0 Å². The molecule has 3 aromatic rings. The highest BCUT2D eigenvalue weighted by Crippen LogP contribution is 2.37. The SMILES string of the molecule is CCCCNC(=O)[C@@H](CC)N(Cc1ccccc1)C(=O)CN(c1cc(C(F)(F)F)ccc1Cl)S(=O)(=O)c1ccccc1. The first kappa shape index (κ1) is 32.9. The number of carbonyl (C=O) groups is 2. The third-order valence-corrected chi connectivity index (χ3v) is 8.66. The first-order chi connectivity index (χ1) is 19.9. The Morgan fingerprint density at radius 3 is 2.14 bits per heavy atom. The summed E-state index contributed by atoms with van der Waals surface area (Å²) in [4.78, 5) is 28.2. The van der Waals surface area contributed by atoms with Crippen molar-refractivity contribution in [2.45, 2.75) is 56.8 Å². The molecule has 12 heteroatoms. The van der Waals surface area contributed by atoms with Gasteiger partial charge in [0.2, 0.25) is 11.8 Å². The Kier molecular flexibility index (Phi) is 11.4. The number of hydrogen-bond donors (Lipinski definition) is 1. The van der Waals surface area contributed by atoms with E-state index in [0.29, 0.717) is 22.5 Å². The van der Waals surface area contributed by atoms with Crippen LogP contribution in [0.4, 0.5) is 18.9 Å². The zero-order valence-electron chi connectivity index (χ0n) is 23.3. The number of unbranched alkanes of at least 4 members (excludes halogenated alkanes) is 1. The topological polar surface area (TPSA) is 86.8 Å². The maximum Gasteiger partial charge on any atom is 0.416 e. The average molecular weight is 624 g/mol. The van der Waals surface area contributed by atoms with Gasteiger partial charge in [-0.05, 0) is 48.7 Å². The first-order valence-electron chi connectivity index (χ1n) is 13.5. The molecular formula is C30H33ClF3N3O4S. The van der Waals surface area contributed by atoms with Gasteiger partial charge in [-0.1, -0.05) is 80.4 Å². The van der Waals surface area contributed by atoms with Crippen LogP contribution in [0, 0.1) is 0 Å². The average Bonchev–Trinajstić information content (AvgIpc) is 2.96. The number of nitrogens with zero attached hydrogens (tertiary/aromatic N) is 2. The molecule has 42 heavy (non-hydrogen) atoms. The van der Waals surface area contributed by atoms with E-state index >= 15 is 0 Å². The highest BCUT2D eigenvalue weighted by Gasteiger charge is 2.36. The standard InChI is InChI=1S/C30H33ClF3N3O4S/c1-3-5-18-35-29(39)26(4-2)36(20-22-12-8-6-9-13-22)28(38)21-37(42(40,41)24-14-10-7-11-15-24)27-19-23(30(32,33)34)16-17-25(27)31/h6-17,19,26H,3-5,18,20-21H2,1-2H3,(H,35,39)/t26-/m1/s1. The van der Waals surface area contributed by atoms with E-state index in [1.807, 2.05) is 6.92 Å². The lowest BCUT2D eigenvalue weighted by Gasteiger charge is -2.33. The lowest BCUT2D eigenvalue weighted by molar-refractivity contribution is -0.140. The number of benzene rings is 3. The van der Waals surface area contributed by atoms with E-state index in [2.05, 4.69) is 5.32 Å². The minimum absolute atomic E-state index is 0.0328. The fourth-order valence-electron chi connectivity index (χ4n) is 4.32. The Balaban J connectivity index is 2.11. The van der Waals surface area contributed by atoms with Crippen molar-refractivity contribution in [3.8, 4) is 0 Å². The molecule has 0 bridgehead atoms. The summed E-state index contributed by atoms with van der Waals surface area (Å²) in [7, 11) is -4.58. The fraction of sp³-hybridized carbons (Fsp3) is 0.333. The second kappa shape index (κ2) is 14.6. The van der Waals surface area contributed by atoms with E-state index in [9.17, 15) is 31.2 Å². The molecule has 1 atom stereocenters. The number of anilines is 1. The van der Waals surface area contributed by atoms with Crippen LogP contribution in [0.3, 0.4) is 0 Å². The van der Waals surface area contributed by atoms with Crippen LogP contribution >= 0.6 is 11.6 Å². The van der Waals surface area contributed by atoms with E-state index in [1.54, 1.807) is 43.3 Å². The van der Waals surface area contributed by atoms with Crippen LogP contribution in [0.15, 0.2) is 83.8 Å². The number of halogens is 4. The summed E-state index contributed by atoms with van der Waals surface area (Å²) in [5.41, 5.74) is -0.963. The molecule has 0 unspecified atom stereocenters. The maximum atomic E-state index is 14.0. The van der Waals surface area contributed by atoms with E-state index in [0.717, 1.165) is 25.0 Å². The second-order valence-corrected chi connectivity index (χ2v) is 11.8. The molecule has 0 aliphatic rings. The Hall–Kier alpha value is -3.57. The lowest BCUT2D eigenvalue weighted by Crippen LogP contribution is -2.52. The van der Waals surface area contributed by atoms with Crippen LogP contribution in [-0.2, 0) is 32.3 Å². The number of hydrogen-bond acceptors (Lipinski definition) is 4. The van der Waals surface area contributed by atoms with Crippen molar-refractivity contribution in [3.05, 3.63) is 95.0 Å². The molecule has 2 amide bonds. The van der Waals surface area contributed by atoms with E-state index in [4.69, 9.17) is 11.6 Å². The van der Waals surface area contributed by atoms with Crippen molar-refractivity contribution in [1.82, 2.24) is 10.2 Å². The Bertz CT molecular complexity index is 1460. The van der Waals surface area contributed by atoms with Crippen LogP contribution in [0.2, 0.25) is 5.02 Å². The van der Waals surface area contributed by atoms with Crippen molar-refractivity contribution < 1.29 is 31.2 Å². The number of carbonyl (C=O) groups excluding carboxylic acids is 2. The molecule has 0 spiro atoms. The van der Waals surface area contributed by atoms with E-state index in [-0.39, 0.29) is 22.9 Å². The minimum atomic E-state index is -4.80. The Morgan fingerprint density at radius 2 is 1.57 bits per heavy atom. The summed E-state index contributed by atoms with van der Waals surface area (Å²) in [6, 6.07) is 17.2. The largest absolute Gasteiger partial charge is 0.416 e. The monoisotopic (exact) mass is 623 g/mol. The molecule has 0 radical (unpaired) electrons. The number of amides is 2. The van der Waals surface area contributed by atoms with Crippen LogP contribution < -0.4 is 9.62 Å². The normalized spacial score (nSPS) is 12.4. The van der Waals surface area contributed by atoms with Crippen molar-refractivity contribution in [3.63, 3.8) is 0 Å². The molecule has 3 aromatic carbocycles. The maximum absolute atomic E-state index is 14.0. The quantitative estimate of drug-likeness (QED) is 0.227. The molecule has 0 saturated carbocycles. The molecule has 1 N–H and O–H groups in total. The zero-order valence-corrected chi connectivity index (χ0v) is 24.8. The summed E-state index contributed by atoms with van der Waals surface area (Å²) >= 11 is 6.28. The summed E-state index contributed by atoms with van der Waals surface area (Å²) in [6.07, 6.45) is -3.01. The minimum Gasteiger partial charge on any atom is -0.354 e. The van der Waals surface area contributed by atoms with Crippen LogP contribution in [-0.4, -0.2) is 44.3 Å². The summed E-state index contributed by atoms with van der Waals surface area (Å²) in [5.74, 6) is -1.20.